The number of hydrogen-bond donors (Lipinski definition) is 2. The first-order chi connectivity index (χ1) is 17.1. The summed E-state index contributed by atoms with van der Waals surface area (Å²) in [6, 6.07) is 19.5. The van der Waals surface area contributed by atoms with Crippen LogP contribution >= 0.6 is 0 Å². The number of benzene rings is 3. The molecule has 4 rings (SSSR count). The normalized spacial score (nSPS) is 13.5. The molecule has 4 aromatic rings. The van der Waals surface area contributed by atoms with Gasteiger partial charge in [-0.25, -0.2) is 22.2 Å². The number of halogens is 2. The molecule has 1 aromatic heterocycles. The summed E-state index contributed by atoms with van der Waals surface area (Å²) in [6.45, 7) is 1.62. The highest BCUT2D eigenvalue weighted by Gasteiger charge is 2.32. The Morgan fingerprint density at radius 1 is 0.889 bits per heavy atom. The first-order valence-electron chi connectivity index (χ1n) is 11.1. The van der Waals surface area contributed by atoms with Crippen LogP contribution in [0.3, 0.4) is 0 Å². The summed E-state index contributed by atoms with van der Waals surface area (Å²) in [7, 11) is -2.68. The Morgan fingerprint density at radius 2 is 1.53 bits per heavy atom. The van der Waals surface area contributed by atoms with Crippen molar-refractivity contribution in [2.75, 3.05) is 12.8 Å². The SMILES string of the molecule is C[C@@H]([C@H](O)c1ccccc1)N(C)S(=O)(=O)c1ccccc1-c1ccc(-c2cnc(N)c(F)c2)c(F)c1. The van der Waals surface area contributed by atoms with Gasteiger partial charge in [0.1, 0.15) is 5.82 Å². The van der Waals surface area contributed by atoms with Gasteiger partial charge in [-0.05, 0) is 36.2 Å². The van der Waals surface area contributed by atoms with Gasteiger partial charge in [0.25, 0.3) is 0 Å². The van der Waals surface area contributed by atoms with E-state index in [4.69, 9.17) is 5.73 Å². The maximum Gasteiger partial charge on any atom is 0.243 e. The summed E-state index contributed by atoms with van der Waals surface area (Å²) in [5.74, 6) is -1.72. The second-order valence-electron chi connectivity index (χ2n) is 8.40. The van der Waals surface area contributed by atoms with Gasteiger partial charge in [0.05, 0.1) is 17.0 Å². The Morgan fingerprint density at radius 3 is 2.19 bits per heavy atom. The first-order valence-corrected chi connectivity index (χ1v) is 12.6. The predicted octanol–water partition coefficient (Wildman–Crippen LogP) is 5.02. The summed E-state index contributed by atoms with van der Waals surface area (Å²) >= 11 is 0. The molecule has 3 N–H and O–H groups in total. The molecule has 0 aliphatic rings. The molecule has 0 unspecified atom stereocenters. The molecule has 1 heterocycles. The lowest BCUT2D eigenvalue weighted by molar-refractivity contribution is 0.108. The molecule has 2 atom stereocenters. The van der Waals surface area contributed by atoms with Gasteiger partial charge in [0, 0.05) is 29.9 Å². The topological polar surface area (TPSA) is 96.5 Å². The molecule has 0 aliphatic heterocycles. The molecule has 0 saturated carbocycles. The number of sulfonamides is 1. The fraction of sp³-hybridized carbons (Fsp3) is 0.148. The number of nitrogens with zero attached hydrogens (tertiary/aromatic N) is 2. The van der Waals surface area contributed by atoms with Gasteiger partial charge in [0.2, 0.25) is 10.0 Å². The average Bonchev–Trinajstić information content (AvgIpc) is 2.89. The number of aromatic nitrogens is 1. The zero-order valence-corrected chi connectivity index (χ0v) is 20.5. The Kier molecular flexibility index (Phi) is 7.16. The summed E-state index contributed by atoms with van der Waals surface area (Å²) in [4.78, 5) is 3.69. The van der Waals surface area contributed by atoms with Gasteiger partial charge in [-0.3, -0.25) is 0 Å². The lowest BCUT2D eigenvalue weighted by Crippen LogP contribution is -2.39. The van der Waals surface area contributed by atoms with Gasteiger partial charge in [-0.2, -0.15) is 4.31 Å². The Hall–Kier alpha value is -3.66. The van der Waals surface area contributed by atoms with Crippen LogP contribution in [0.2, 0.25) is 0 Å². The van der Waals surface area contributed by atoms with E-state index in [0.29, 0.717) is 11.1 Å². The molecular formula is C27H25F2N3O3S. The van der Waals surface area contributed by atoms with Crippen LogP contribution in [0, 0.1) is 11.6 Å². The van der Waals surface area contributed by atoms with Crippen molar-refractivity contribution in [1.82, 2.24) is 9.29 Å². The highest BCUT2D eigenvalue weighted by molar-refractivity contribution is 7.89. The van der Waals surface area contributed by atoms with Gasteiger partial charge >= 0.3 is 0 Å². The van der Waals surface area contributed by atoms with Gasteiger partial charge in [-0.1, -0.05) is 60.7 Å². The lowest BCUT2D eigenvalue weighted by Gasteiger charge is -2.29. The highest BCUT2D eigenvalue weighted by Crippen LogP contribution is 2.34. The Balaban J connectivity index is 1.70. The smallest absolute Gasteiger partial charge is 0.243 e. The second-order valence-corrected chi connectivity index (χ2v) is 10.4. The van der Waals surface area contributed by atoms with Crippen molar-refractivity contribution in [3.63, 3.8) is 0 Å². The van der Waals surface area contributed by atoms with Crippen molar-refractivity contribution in [1.29, 1.82) is 0 Å². The molecule has 3 aromatic carbocycles. The number of anilines is 1. The minimum atomic E-state index is -4.08. The van der Waals surface area contributed by atoms with Gasteiger partial charge < -0.3 is 10.8 Å². The van der Waals surface area contributed by atoms with Crippen LogP contribution < -0.4 is 5.73 Å². The van der Waals surface area contributed by atoms with E-state index in [0.717, 1.165) is 10.4 Å². The Labute approximate surface area is 208 Å². The number of likely N-dealkylation sites (N-methyl/N-ethyl adjacent to an activating group) is 1. The van der Waals surface area contributed by atoms with E-state index in [1.807, 2.05) is 6.07 Å². The zero-order chi connectivity index (χ0) is 26.0. The van der Waals surface area contributed by atoms with Crippen LogP contribution in [0.5, 0.6) is 0 Å². The molecule has 0 fully saturated rings. The first kappa shape index (κ1) is 25.4. The van der Waals surface area contributed by atoms with Crippen LogP contribution in [0.25, 0.3) is 22.3 Å². The van der Waals surface area contributed by atoms with E-state index in [1.54, 1.807) is 55.5 Å². The maximum atomic E-state index is 15.1. The number of hydrogen-bond acceptors (Lipinski definition) is 5. The third-order valence-corrected chi connectivity index (χ3v) is 8.18. The summed E-state index contributed by atoms with van der Waals surface area (Å²) in [5.41, 5.74) is 6.91. The van der Waals surface area contributed by atoms with E-state index in [2.05, 4.69) is 4.98 Å². The summed E-state index contributed by atoms with van der Waals surface area (Å²) in [6.07, 6.45) is 0.215. The monoisotopic (exact) mass is 509 g/mol. The molecule has 0 saturated heterocycles. The molecule has 0 bridgehead atoms. The number of rotatable bonds is 7. The largest absolute Gasteiger partial charge is 0.387 e. The van der Waals surface area contributed by atoms with E-state index < -0.39 is 33.8 Å². The van der Waals surface area contributed by atoms with Crippen LogP contribution in [-0.2, 0) is 10.0 Å². The number of aliphatic hydroxyl groups is 1. The quantitative estimate of drug-likeness (QED) is 0.365. The zero-order valence-electron chi connectivity index (χ0n) is 19.6. The molecule has 9 heteroatoms. The molecule has 186 valence electrons. The summed E-state index contributed by atoms with van der Waals surface area (Å²) in [5, 5.41) is 10.8. The van der Waals surface area contributed by atoms with E-state index in [1.165, 1.54) is 31.4 Å². The summed E-state index contributed by atoms with van der Waals surface area (Å²) < 4.78 is 57.2. The maximum absolute atomic E-state index is 15.1. The van der Waals surface area contributed by atoms with Gasteiger partial charge in [0.15, 0.2) is 11.6 Å². The van der Waals surface area contributed by atoms with Gasteiger partial charge in [-0.15, -0.1) is 0 Å². The van der Waals surface area contributed by atoms with Crippen LogP contribution in [0.1, 0.15) is 18.6 Å². The third-order valence-electron chi connectivity index (χ3n) is 6.18. The van der Waals surface area contributed by atoms with Crippen molar-refractivity contribution in [2.45, 2.75) is 24.0 Å². The molecular weight excluding hydrogens is 484 g/mol. The van der Waals surface area contributed by atoms with E-state index in [9.17, 15) is 17.9 Å². The fourth-order valence-corrected chi connectivity index (χ4v) is 5.52. The average molecular weight is 510 g/mol. The third kappa shape index (κ3) is 4.86. The lowest BCUT2D eigenvalue weighted by atomic mass is 10.0. The Bertz CT molecular complexity index is 1500. The molecule has 0 amide bonds. The fourth-order valence-electron chi connectivity index (χ4n) is 3.94. The minimum Gasteiger partial charge on any atom is -0.387 e. The van der Waals surface area contributed by atoms with E-state index >= 15 is 4.39 Å². The van der Waals surface area contributed by atoms with Crippen molar-refractivity contribution >= 4 is 15.8 Å². The molecule has 36 heavy (non-hydrogen) atoms. The predicted molar refractivity (Wildman–Crippen MR) is 135 cm³/mol. The molecule has 0 spiro atoms. The molecule has 6 nitrogen and oxygen atoms in total. The van der Waals surface area contributed by atoms with Crippen LogP contribution in [0.4, 0.5) is 14.6 Å². The standard InChI is InChI=1S/C27H25F2N3O3S/c1-17(26(33)18-8-4-3-5-9-18)32(2)36(34,35)25-11-7-6-10-22(25)19-12-13-21(23(28)14-19)20-15-24(29)27(30)31-16-20/h3-17,26,33H,1-2H3,(H2,30,31)/t17-,26-/m0/s1. The van der Waals surface area contributed by atoms with Crippen molar-refractivity contribution in [2.24, 2.45) is 0 Å². The van der Waals surface area contributed by atoms with Crippen LogP contribution in [-0.4, -0.2) is 35.9 Å². The number of nitrogen functional groups attached to an aromatic ring is 1. The molecule has 0 aliphatic carbocycles. The minimum absolute atomic E-state index is 0.0352. The van der Waals surface area contributed by atoms with Crippen molar-refractivity contribution in [3.05, 3.63) is 102 Å². The van der Waals surface area contributed by atoms with Crippen LogP contribution in [0.15, 0.2) is 90.0 Å². The second kappa shape index (κ2) is 10.1. The highest BCUT2D eigenvalue weighted by atomic mass is 32.2. The van der Waals surface area contributed by atoms with Crippen molar-refractivity contribution in [3.8, 4) is 22.3 Å². The number of nitrogens with two attached hydrogens (primary N) is 1. The number of pyridine rings is 1. The number of aliphatic hydroxyl groups excluding tert-OH is 1. The molecule has 0 radical (unpaired) electrons. The van der Waals surface area contributed by atoms with E-state index in [-0.39, 0.29) is 27.4 Å². The van der Waals surface area contributed by atoms with Crippen molar-refractivity contribution < 1.29 is 22.3 Å².